The van der Waals surface area contributed by atoms with Gasteiger partial charge >= 0.3 is 0 Å². The minimum Gasteiger partial charge on any atom is -1.00 e. The van der Waals surface area contributed by atoms with E-state index in [2.05, 4.69) is 23.6 Å². The second-order valence-corrected chi connectivity index (χ2v) is 5.98. The number of benzene rings is 2. The van der Waals surface area contributed by atoms with Gasteiger partial charge in [-0.25, -0.2) is 8.97 Å². The average Bonchev–Trinajstić information content (AvgIpc) is 2.58. The summed E-state index contributed by atoms with van der Waals surface area (Å²) in [5.41, 5.74) is 4.70. The molecule has 0 radical (unpaired) electrons. The van der Waals surface area contributed by atoms with Crippen LogP contribution in [0.25, 0.3) is 0 Å². The highest BCUT2D eigenvalue weighted by Gasteiger charge is 2.26. The van der Waals surface area contributed by atoms with Gasteiger partial charge in [-0.2, -0.15) is 0 Å². The minimum atomic E-state index is -0.121. The number of nitrogens with zero attached hydrogens (tertiary/aromatic N) is 1. The quantitative estimate of drug-likeness (QED) is 0.740. The molecule has 3 rings (SSSR count). The van der Waals surface area contributed by atoms with E-state index in [1.54, 1.807) is 13.2 Å². The van der Waals surface area contributed by atoms with E-state index in [0.29, 0.717) is 6.54 Å². The van der Waals surface area contributed by atoms with Crippen LogP contribution in [0, 0.1) is 5.82 Å². The third kappa shape index (κ3) is 3.78. The topological polar surface area (TPSA) is 12.2 Å². The van der Waals surface area contributed by atoms with Crippen molar-refractivity contribution in [3.8, 4) is 5.75 Å². The van der Waals surface area contributed by atoms with Gasteiger partial charge in [-0.15, -0.1) is 0 Å². The molecule has 24 heavy (non-hydrogen) atoms. The zero-order chi connectivity index (χ0) is 16.2. The predicted molar refractivity (Wildman–Crippen MR) is 90.9 cm³/mol. The van der Waals surface area contributed by atoms with Crippen LogP contribution < -0.4 is 17.1 Å². The van der Waals surface area contributed by atoms with Crippen LogP contribution in [-0.4, -0.2) is 23.9 Å². The summed E-state index contributed by atoms with van der Waals surface area (Å²) >= 11 is 0. The van der Waals surface area contributed by atoms with Gasteiger partial charge in [-0.1, -0.05) is 19.1 Å². The molecule has 0 bridgehead atoms. The third-order valence-corrected chi connectivity index (χ3v) is 4.46. The molecule has 0 aliphatic carbocycles. The van der Waals surface area contributed by atoms with E-state index in [1.807, 2.05) is 18.2 Å². The van der Waals surface area contributed by atoms with Crippen molar-refractivity contribution in [2.24, 2.45) is 0 Å². The summed E-state index contributed by atoms with van der Waals surface area (Å²) < 4.78 is 21.7. The van der Waals surface area contributed by atoms with E-state index >= 15 is 0 Å². The summed E-state index contributed by atoms with van der Waals surface area (Å²) in [6, 6.07) is 13.4. The molecule has 0 atom stereocenters. The lowest BCUT2D eigenvalue weighted by Crippen LogP contribution is -3.00. The van der Waals surface area contributed by atoms with E-state index in [0.717, 1.165) is 37.1 Å². The SMILES string of the molecule is CCCC1=[N+](Cc2ccccc2F)CCc2cc(OC)ccc21.[Cl-]. The number of methoxy groups -OCH3 is 1. The Bertz CT molecular complexity index is 742. The standard InChI is InChI=1S/C20H23FNO.ClH/c1-3-6-20-18-10-9-17(23-2)13-15(18)11-12-22(20)14-16-7-4-5-8-19(16)21;/h4-5,7-10,13H,3,6,11-12,14H2,1-2H3;1H/q+1;/p-1. The summed E-state index contributed by atoms with van der Waals surface area (Å²) in [6.45, 7) is 3.74. The first kappa shape index (κ1) is 18.5. The van der Waals surface area contributed by atoms with E-state index in [-0.39, 0.29) is 18.2 Å². The fourth-order valence-electron chi connectivity index (χ4n) is 3.28. The molecular weight excluding hydrogens is 325 g/mol. The van der Waals surface area contributed by atoms with E-state index in [4.69, 9.17) is 4.74 Å². The van der Waals surface area contributed by atoms with Crippen molar-refractivity contribution < 1.29 is 26.1 Å². The number of hydrogen-bond acceptors (Lipinski definition) is 1. The Hall–Kier alpha value is -1.87. The molecule has 0 amide bonds. The van der Waals surface area contributed by atoms with Crippen molar-refractivity contribution in [2.75, 3.05) is 13.7 Å². The lowest BCUT2D eigenvalue weighted by molar-refractivity contribution is -0.546. The second kappa shape index (κ2) is 8.29. The maximum atomic E-state index is 14.0. The molecule has 0 saturated heterocycles. The highest BCUT2D eigenvalue weighted by Crippen LogP contribution is 2.24. The van der Waals surface area contributed by atoms with Crippen LogP contribution in [-0.2, 0) is 13.0 Å². The molecule has 0 spiro atoms. The average molecular weight is 348 g/mol. The van der Waals surface area contributed by atoms with Gasteiger partial charge in [0.15, 0.2) is 12.3 Å². The molecule has 0 N–H and O–H groups in total. The van der Waals surface area contributed by atoms with E-state index in [1.165, 1.54) is 22.9 Å². The van der Waals surface area contributed by atoms with Gasteiger partial charge in [0.1, 0.15) is 18.1 Å². The number of fused-ring (bicyclic) bond motifs is 1. The summed E-state index contributed by atoms with van der Waals surface area (Å²) in [5, 5.41) is 0. The Morgan fingerprint density at radius 1 is 1.17 bits per heavy atom. The Morgan fingerprint density at radius 3 is 2.67 bits per heavy atom. The molecule has 1 aliphatic rings. The van der Waals surface area contributed by atoms with Crippen molar-refractivity contribution in [3.05, 3.63) is 65.0 Å². The van der Waals surface area contributed by atoms with Crippen LogP contribution in [0.15, 0.2) is 42.5 Å². The van der Waals surface area contributed by atoms with Crippen LogP contribution in [0.3, 0.4) is 0 Å². The predicted octanol–water partition coefficient (Wildman–Crippen LogP) is 1.20. The Labute approximate surface area is 149 Å². The Balaban J connectivity index is 0.00000208. The maximum Gasteiger partial charge on any atom is 0.183 e. The fraction of sp³-hybridized carbons (Fsp3) is 0.350. The van der Waals surface area contributed by atoms with Gasteiger partial charge in [0, 0.05) is 18.4 Å². The van der Waals surface area contributed by atoms with Crippen molar-refractivity contribution in [2.45, 2.75) is 32.7 Å². The molecule has 4 heteroatoms. The minimum absolute atomic E-state index is 0. The summed E-state index contributed by atoms with van der Waals surface area (Å²) in [4.78, 5) is 0. The molecule has 0 saturated carbocycles. The highest BCUT2D eigenvalue weighted by atomic mass is 35.5. The van der Waals surface area contributed by atoms with Gasteiger partial charge in [0.25, 0.3) is 0 Å². The number of halogens is 2. The fourth-order valence-corrected chi connectivity index (χ4v) is 3.28. The first-order valence-electron chi connectivity index (χ1n) is 8.24. The van der Waals surface area contributed by atoms with Crippen LogP contribution in [0.2, 0.25) is 0 Å². The van der Waals surface area contributed by atoms with Gasteiger partial charge in [-0.3, -0.25) is 0 Å². The third-order valence-electron chi connectivity index (χ3n) is 4.46. The number of hydrogen-bond donors (Lipinski definition) is 0. The van der Waals surface area contributed by atoms with Crippen LogP contribution in [0.5, 0.6) is 5.75 Å². The van der Waals surface area contributed by atoms with Crippen LogP contribution >= 0.6 is 0 Å². The second-order valence-electron chi connectivity index (χ2n) is 5.98. The molecule has 2 aromatic carbocycles. The zero-order valence-corrected chi connectivity index (χ0v) is 14.9. The van der Waals surface area contributed by atoms with Crippen molar-refractivity contribution in [3.63, 3.8) is 0 Å². The lowest BCUT2D eigenvalue weighted by atomic mass is 9.93. The number of ether oxygens (including phenoxy) is 1. The summed E-state index contributed by atoms with van der Waals surface area (Å²) in [5.74, 6) is 0.783. The van der Waals surface area contributed by atoms with Gasteiger partial charge in [-0.05, 0) is 42.3 Å². The largest absolute Gasteiger partial charge is 1.00 e. The molecule has 2 aromatic rings. The van der Waals surface area contributed by atoms with E-state index < -0.39 is 0 Å². The smallest absolute Gasteiger partial charge is 0.183 e. The molecular formula is C20H23ClFNO. The van der Waals surface area contributed by atoms with Gasteiger partial charge in [0.05, 0.1) is 12.7 Å². The zero-order valence-electron chi connectivity index (χ0n) is 14.2. The van der Waals surface area contributed by atoms with Crippen molar-refractivity contribution in [1.29, 1.82) is 0 Å². The Morgan fingerprint density at radius 2 is 1.96 bits per heavy atom. The van der Waals surface area contributed by atoms with Crippen molar-refractivity contribution >= 4 is 5.71 Å². The monoisotopic (exact) mass is 347 g/mol. The Kier molecular flexibility index (Phi) is 6.38. The molecule has 1 heterocycles. The van der Waals surface area contributed by atoms with Crippen LogP contribution in [0.4, 0.5) is 4.39 Å². The van der Waals surface area contributed by atoms with Gasteiger partial charge < -0.3 is 17.1 Å². The van der Waals surface area contributed by atoms with Crippen LogP contribution in [0.1, 0.15) is 36.5 Å². The summed E-state index contributed by atoms with van der Waals surface area (Å²) in [6.07, 6.45) is 3.05. The van der Waals surface area contributed by atoms with Crippen molar-refractivity contribution in [1.82, 2.24) is 0 Å². The summed E-state index contributed by atoms with van der Waals surface area (Å²) in [7, 11) is 1.70. The molecule has 2 nitrogen and oxygen atoms in total. The first-order valence-corrected chi connectivity index (χ1v) is 8.24. The highest BCUT2D eigenvalue weighted by molar-refractivity contribution is 5.98. The molecule has 128 valence electrons. The normalized spacial score (nSPS) is 13.3. The molecule has 1 aliphatic heterocycles. The lowest BCUT2D eigenvalue weighted by Gasteiger charge is -2.19. The number of rotatable bonds is 5. The molecule has 0 aromatic heterocycles. The maximum absolute atomic E-state index is 14.0. The molecule has 0 fully saturated rings. The van der Waals surface area contributed by atoms with Gasteiger partial charge in [0.2, 0.25) is 0 Å². The first-order chi connectivity index (χ1) is 11.2. The molecule has 0 unspecified atom stereocenters. The van der Waals surface area contributed by atoms with E-state index in [9.17, 15) is 4.39 Å².